The zero-order valence-electron chi connectivity index (χ0n) is 9.08. The molecule has 7 heteroatoms. The third-order valence-electron chi connectivity index (χ3n) is 2.35. The van der Waals surface area contributed by atoms with E-state index in [-0.39, 0.29) is 23.1 Å². The Balaban J connectivity index is 2.12. The van der Waals surface area contributed by atoms with E-state index in [1.54, 1.807) is 6.07 Å². The third kappa shape index (κ3) is 2.59. The number of alkyl halides is 2. The number of rotatable bonds is 4. The Morgan fingerprint density at radius 1 is 1.39 bits per heavy atom. The number of halogens is 4. The summed E-state index contributed by atoms with van der Waals surface area (Å²) in [6.45, 7) is -2.69. The Labute approximate surface area is 106 Å². The molecular weight excluding hydrogens is 267 g/mol. The number of anilines is 1. The number of imidazole rings is 1. The molecule has 0 amide bonds. The number of aromatic nitrogens is 2. The Morgan fingerprint density at radius 2 is 2.17 bits per heavy atom. The van der Waals surface area contributed by atoms with Crippen molar-refractivity contribution in [3.63, 3.8) is 0 Å². The van der Waals surface area contributed by atoms with Crippen molar-refractivity contribution in [2.24, 2.45) is 0 Å². The van der Waals surface area contributed by atoms with Crippen molar-refractivity contribution in [2.45, 2.75) is 13.1 Å². The first-order valence-electron chi connectivity index (χ1n) is 5.07. The lowest BCUT2D eigenvalue weighted by Crippen LogP contribution is -2.09. The number of hydrogen-bond donors (Lipinski definition) is 1. The van der Waals surface area contributed by atoms with Gasteiger partial charge in [0.1, 0.15) is 5.82 Å². The predicted octanol–water partition coefficient (Wildman–Crippen LogP) is 3.68. The Morgan fingerprint density at radius 3 is 2.89 bits per heavy atom. The van der Waals surface area contributed by atoms with Gasteiger partial charge >= 0.3 is 6.55 Å². The van der Waals surface area contributed by atoms with Crippen molar-refractivity contribution >= 4 is 17.3 Å². The second-order valence-electron chi connectivity index (χ2n) is 3.48. The zero-order chi connectivity index (χ0) is 13.1. The van der Waals surface area contributed by atoms with Crippen LogP contribution in [0.25, 0.3) is 0 Å². The van der Waals surface area contributed by atoms with Crippen LogP contribution in [0.15, 0.2) is 30.6 Å². The molecule has 1 heterocycles. The van der Waals surface area contributed by atoms with E-state index in [4.69, 9.17) is 11.6 Å². The smallest absolute Gasteiger partial charge is 0.319 e. The van der Waals surface area contributed by atoms with Gasteiger partial charge in [-0.05, 0) is 12.1 Å². The quantitative estimate of drug-likeness (QED) is 0.922. The lowest BCUT2D eigenvalue weighted by molar-refractivity contribution is 0.0673. The van der Waals surface area contributed by atoms with Crippen LogP contribution in [0.4, 0.5) is 18.9 Å². The third-order valence-corrected chi connectivity index (χ3v) is 2.64. The van der Waals surface area contributed by atoms with Crippen LogP contribution in [-0.4, -0.2) is 9.55 Å². The summed E-state index contributed by atoms with van der Waals surface area (Å²) < 4.78 is 39.3. The summed E-state index contributed by atoms with van der Waals surface area (Å²) >= 11 is 5.60. The van der Waals surface area contributed by atoms with Gasteiger partial charge < -0.3 is 5.32 Å². The van der Waals surface area contributed by atoms with Crippen molar-refractivity contribution in [1.29, 1.82) is 0 Å². The molecule has 1 N–H and O–H groups in total. The van der Waals surface area contributed by atoms with Gasteiger partial charge in [-0.2, -0.15) is 8.78 Å². The van der Waals surface area contributed by atoms with Gasteiger partial charge in [0.05, 0.1) is 17.3 Å². The van der Waals surface area contributed by atoms with Gasteiger partial charge in [0.2, 0.25) is 0 Å². The van der Waals surface area contributed by atoms with Gasteiger partial charge in [-0.1, -0.05) is 17.7 Å². The van der Waals surface area contributed by atoms with Crippen LogP contribution in [0, 0.1) is 5.82 Å². The van der Waals surface area contributed by atoms with Crippen LogP contribution in [-0.2, 0) is 6.54 Å². The van der Waals surface area contributed by atoms with Gasteiger partial charge in [0.15, 0.2) is 5.82 Å². The highest BCUT2D eigenvalue weighted by atomic mass is 35.5. The molecule has 0 unspecified atom stereocenters. The van der Waals surface area contributed by atoms with E-state index >= 15 is 0 Å². The summed E-state index contributed by atoms with van der Waals surface area (Å²) in [6, 6.07) is 4.44. The van der Waals surface area contributed by atoms with Crippen LogP contribution in [0.3, 0.4) is 0 Å². The number of hydrogen-bond acceptors (Lipinski definition) is 2. The fourth-order valence-electron chi connectivity index (χ4n) is 1.47. The first-order valence-corrected chi connectivity index (χ1v) is 5.45. The molecule has 0 bridgehead atoms. The molecule has 1 aromatic heterocycles. The first-order chi connectivity index (χ1) is 8.59. The molecule has 0 aliphatic heterocycles. The SMILES string of the molecule is Fc1c(Cl)cccc1NCc1nccn1C(F)F. The average molecular weight is 276 g/mol. The summed E-state index contributed by atoms with van der Waals surface area (Å²) in [6.07, 6.45) is 2.42. The Kier molecular flexibility index (Phi) is 3.76. The molecule has 2 aromatic rings. The zero-order valence-corrected chi connectivity index (χ0v) is 9.83. The minimum absolute atomic E-state index is 0.0192. The van der Waals surface area contributed by atoms with E-state index < -0.39 is 12.4 Å². The second-order valence-corrected chi connectivity index (χ2v) is 3.89. The summed E-state index contributed by atoms with van der Waals surface area (Å²) in [5, 5.41) is 2.64. The largest absolute Gasteiger partial charge is 0.375 e. The minimum atomic E-state index is -2.67. The molecule has 18 heavy (non-hydrogen) atoms. The van der Waals surface area contributed by atoms with Gasteiger partial charge in [-0.15, -0.1) is 0 Å². The predicted molar refractivity (Wildman–Crippen MR) is 62.2 cm³/mol. The van der Waals surface area contributed by atoms with Crippen molar-refractivity contribution in [3.8, 4) is 0 Å². The molecule has 0 aliphatic carbocycles. The molecule has 0 aliphatic rings. The molecule has 96 valence electrons. The van der Waals surface area contributed by atoms with Crippen LogP contribution in [0.1, 0.15) is 12.4 Å². The van der Waals surface area contributed by atoms with Crippen molar-refractivity contribution < 1.29 is 13.2 Å². The second kappa shape index (κ2) is 5.30. The van der Waals surface area contributed by atoms with Gasteiger partial charge in [0.25, 0.3) is 0 Å². The van der Waals surface area contributed by atoms with E-state index in [9.17, 15) is 13.2 Å². The molecule has 0 spiro atoms. The average Bonchev–Trinajstić information content (AvgIpc) is 2.79. The lowest BCUT2D eigenvalue weighted by atomic mass is 10.3. The fourth-order valence-corrected chi connectivity index (χ4v) is 1.65. The molecule has 0 atom stereocenters. The molecule has 0 fully saturated rings. The van der Waals surface area contributed by atoms with Crippen molar-refractivity contribution in [2.75, 3.05) is 5.32 Å². The first kappa shape index (κ1) is 12.8. The number of nitrogens with one attached hydrogen (secondary N) is 1. The van der Waals surface area contributed by atoms with Gasteiger partial charge in [-0.3, -0.25) is 4.57 Å². The fraction of sp³-hybridized carbons (Fsp3) is 0.182. The van der Waals surface area contributed by atoms with Gasteiger partial charge in [0, 0.05) is 12.4 Å². The van der Waals surface area contributed by atoms with Crippen molar-refractivity contribution in [1.82, 2.24) is 9.55 Å². The summed E-state index contributed by atoms with van der Waals surface area (Å²) in [7, 11) is 0. The van der Waals surface area contributed by atoms with Crippen LogP contribution >= 0.6 is 11.6 Å². The van der Waals surface area contributed by atoms with Crippen molar-refractivity contribution in [3.05, 3.63) is 47.3 Å². The molecule has 1 aromatic carbocycles. The maximum atomic E-state index is 13.5. The summed E-state index contributed by atoms with van der Waals surface area (Å²) in [4.78, 5) is 3.77. The highest BCUT2D eigenvalue weighted by Gasteiger charge is 2.12. The monoisotopic (exact) mass is 275 g/mol. The Bertz CT molecular complexity index is 542. The lowest BCUT2D eigenvalue weighted by Gasteiger charge is -2.09. The Hall–Kier alpha value is -1.69. The van der Waals surface area contributed by atoms with E-state index in [0.29, 0.717) is 4.57 Å². The van der Waals surface area contributed by atoms with Gasteiger partial charge in [-0.25, -0.2) is 9.37 Å². The summed E-state index contributed by atoms with van der Waals surface area (Å²) in [5.74, 6) is -0.501. The van der Waals surface area contributed by atoms with E-state index in [0.717, 1.165) is 6.20 Å². The number of benzene rings is 1. The molecular formula is C11H9ClF3N3. The maximum Gasteiger partial charge on any atom is 0.319 e. The summed E-state index contributed by atoms with van der Waals surface area (Å²) in [5.41, 5.74) is 0.145. The van der Waals surface area contributed by atoms with E-state index in [1.165, 1.54) is 18.3 Å². The minimum Gasteiger partial charge on any atom is -0.375 e. The molecule has 3 nitrogen and oxygen atoms in total. The van der Waals surface area contributed by atoms with E-state index in [1.807, 2.05) is 0 Å². The molecule has 0 saturated heterocycles. The normalized spacial score (nSPS) is 10.9. The molecule has 0 saturated carbocycles. The van der Waals surface area contributed by atoms with Crippen LogP contribution < -0.4 is 5.32 Å². The molecule has 0 radical (unpaired) electrons. The topological polar surface area (TPSA) is 29.9 Å². The number of nitrogens with zero attached hydrogens (tertiary/aromatic N) is 2. The standard InChI is InChI=1S/C11H9ClF3N3/c12-7-2-1-3-8(10(7)13)17-6-9-16-4-5-18(9)11(14)15/h1-5,11,17H,6H2. The maximum absolute atomic E-state index is 13.5. The van der Waals surface area contributed by atoms with E-state index in [2.05, 4.69) is 10.3 Å². The van der Waals surface area contributed by atoms with Crippen LogP contribution in [0.2, 0.25) is 5.02 Å². The molecule has 2 rings (SSSR count). The van der Waals surface area contributed by atoms with Crippen LogP contribution in [0.5, 0.6) is 0 Å². The highest BCUT2D eigenvalue weighted by molar-refractivity contribution is 6.31. The highest BCUT2D eigenvalue weighted by Crippen LogP contribution is 2.22.